The molecule has 0 aromatic carbocycles. The zero-order chi connectivity index (χ0) is 12.8. The summed E-state index contributed by atoms with van der Waals surface area (Å²) in [6.07, 6.45) is 6.40. The summed E-state index contributed by atoms with van der Waals surface area (Å²) in [5.74, 6) is -0.141. The van der Waals surface area contributed by atoms with Gasteiger partial charge in [0.1, 0.15) is 0 Å². The van der Waals surface area contributed by atoms with Crippen molar-refractivity contribution >= 4 is 11.8 Å². The summed E-state index contributed by atoms with van der Waals surface area (Å²) >= 11 is 0. The average molecular weight is 238 g/mol. The first-order valence-electron chi connectivity index (χ1n) is 6.39. The molecular formula is C14H22O3. The van der Waals surface area contributed by atoms with Crippen LogP contribution in [0.4, 0.5) is 0 Å². The zero-order valence-corrected chi connectivity index (χ0v) is 11.0. The van der Waals surface area contributed by atoms with E-state index in [1.807, 2.05) is 6.92 Å². The van der Waals surface area contributed by atoms with Crippen molar-refractivity contribution in [3.05, 3.63) is 11.6 Å². The SMILES string of the molecule is CCCCC[C@@H]1CC(=O)C=C(C)[C@H]1C(=O)OC. The molecule has 0 radical (unpaired) electrons. The molecule has 96 valence electrons. The molecule has 17 heavy (non-hydrogen) atoms. The van der Waals surface area contributed by atoms with Crippen molar-refractivity contribution in [3.8, 4) is 0 Å². The van der Waals surface area contributed by atoms with Crippen LogP contribution in [0, 0.1) is 11.8 Å². The lowest BCUT2D eigenvalue weighted by atomic mass is 9.76. The van der Waals surface area contributed by atoms with Gasteiger partial charge in [-0.25, -0.2) is 0 Å². The van der Waals surface area contributed by atoms with Crippen LogP contribution in [0.15, 0.2) is 11.6 Å². The Labute approximate surface area is 103 Å². The zero-order valence-electron chi connectivity index (χ0n) is 11.0. The van der Waals surface area contributed by atoms with Crippen molar-refractivity contribution in [2.24, 2.45) is 11.8 Å². The van der Waals surface area contributed by atoms with Gasteiger partial charge < -0.3 is 4.74 Å². The van der Waals surface area contributed by atoms with Crippen molar-refractivity contribution in [3.63, 3.8) is 0 Å². The topological polar surface area (TPSA) is 43.4 Å². The van der Waals surface area contributed by atoms with Crippen LogP contribution in [-0.4, -0.2) is 18.9 Å². The van der Waals surface area contributed by atoms with Gasteiger partial charge in [0.2, 0.25) is 0 Å². The van der Waals surface area contributed by atoms with Crippen LogP contribution in [0.3, 0.4) is 0 Å². The van der Waals surface area contributed by atoms with Crippen LogP contribution in [-0.2, 0) is 14.3 Å². The van der Waals surface area contributed by atoms with Gasteiger partial charge in [-0.15, -0.1) is 0 Å². The lowest BCUT2D eigenvalue weighted by molar-refractivity contribution is -0.146. The number of ketones is 1. The van der Waals surface area contributed by atoms with Gasteiger partial charge in [-0.1, -0.05) is 31.8 Å². The molecule has 2 atom stereocenters. The number of hydrogen-bond acceptors (Lipinski definition) is 3. The van der Waals surface area contributed by atoms with Gasteiger partial charge in [-0.05, 0) is 25.3 Å². The minimum atomic E-state index is -0.213. The van der Waals surface area contributed by atoms with Gasteiger partial charge in [0, 0.05) is 6.42 Å². The molecule has 0 aliphatic heterocycles. The van der Waals surface area contributed by atoms with Crippen LogP contribution in [0.5, 0.6) is 0 Å². The quantitative estimate of drug-likeness (QED) is 0.546. The number of esters is 1. The van der Waals surface area contributed by atoms with Gasteiger partial charge in [0.25, 0.3) is 0 Å². The molecule has 0 spiro atoms. The first-order chi connectivity index (χ1) is 8.10. The normalized spacial score (nSPS) is 24.4. The van der Waals surface area contributed by atoms with Gasteiger partial charge in [0.15, 0.2) is 5.78 Å². The van der Waals surface area contributed by atoms with E-state index in [0.717, 1.165) is 31.3 Å². The maximum Gasteiger partial charge on any atom is 0.313 e. The highest BCUT2D eigenvalue weighted by atomic mass is 16.5. The molecule has 0 unspecified atom stereocenters. The predicted molar refractivity (Wildman–Crippen MR) is 66.5 cm³/mol. The average Bonchev–Trinajstić information content (AvgIpc) is 2.28. The van der Waals surface area contributed by atoms with Gasteiger partial charge in [0.05, 0.1) is 13.0 Å². The summed E-state index contributed by atoms with van der Waals surface area (Å²) < 4.78 is 4.84. The molecule has 0 heterocycles. The molecule has 0 saturated carbocycles. The fraction of sp³-hybridized carbons (Fsp3) is 0.714. The van der Waals surface area contributed by atoms with E-state index in [1.165, 1.54) is 7.11 Å². The Bertz CT molecular complexity index is 317. The summed E-state index contributed by atoms with van der Waals surface area (Å²) in [5.41, 5.74) is 0.856. The molecule has 0 amide bonds. The largest absolute Gasteiger partial charge is 0.469 e. The van der Waals surface area contributed by atoms with Crippen molar-refractivity contribution in [2.75, 3.05) is 7.11 Å². The summed E-state index contributed by atoms with van der Waals surface area (Å²) in [5, 5.41) is 0. The summed E-state index contributed by atoms with van der Waals surface area (Å²) in [4.78, 5) is 23.3. The van der Waals surface area contributed by atoms with E-state index in [4.69, 9.17) is 4.74 Å². The molecule has 0 aromatic rings. The number of unbranched alkanes of at least 4 members (excludes halogenated alkanes) is 2. The lowest BCUT2D eigenvalue weighted by Gasteiger charge is -2.28. The molecule has 1 aliphatic carbocycles. The third-order valence-corrected chi connectivity index (χ3v) is 3.45. The second-order valence-electron chi connectivity index (χ2n) is 4.82. The number of carbonyl (C=O) groups is 2. The number of rotatable bonds is 5. The number of methoxy groups -OCH3 is 1. The van der Waals surface area contributed by atoms with E-state index >= 15 is 0 Å². The molecule has 3 heteroatoms. The van der Waals surface area contributed by atoms with E-state index in [9.17, 15) is 9.59 Å². The highest BCUT2D eigenvalue weighted by Gasteiger charge is 2.34. The lowest BCUT2D eigenvalue weighted by Crippen LogP contribution is -2.31. The minimum absolute atomic E-state index is 0.131. The molecule has 0 aromatic heterocycles. The first-order valence-corrected chi connectivity index (χ1v) is 6.39. The van der Waals surface area contributed by atoms with E-state index in [-0.39, 0.29) is 23.6 Å². The maximum absolute atomic E-state index is 11.8. The Morgan fingerprint density at radius 2 is 2.18 bits per heavy atom. The maximum atomic E-state index is 11.8. The van der Waals surface area contributed by atoms with Gasteiger partial charge in [-0.3, -0.25) is 9.59 Å². The molecule has 1 aliphatic rings. The summed E-state index contributed by atoms with van der Waals surface area (Å²) in [7, 11) is 1.41. The first kappa shape index (κ1) is 13.9. The van der Waals surface area contributed by atoms with E-state index in [0.29, 0.717) is 6.42 Å². The molecule has 0 saturated heterocycles. The number of ether oxygens (including phenoxy) is 1. The fourth-order valence-electron chi connectivity index (χ4n) is 2.58. The number of allylic oxidation sites excluding steroid dienone is 1. The van der Waals surface area contributed by atoms with E-state index in [1.54, 1.807) is 6.08 Å². The minimum Gasteiger partial charge on any atom is -0.469 e. The van der Waals surface area contributed by atoms with Crippen LogP contribution in [0.25, 0.3) is 0 Å². The molecular weight excluding hydrogens is 216 g/mol. The van der Waals surface area contributed by atoms with Gasteiger partial charge >= 0.3 is 5.97 Å². The van der Waals surface area contributed by atoms with Crippen molar-refractivity contribution in [1.29, 1.82) is 0 Å². The number of carbonyl (C=O) groups excluding carboxylic acids is 2. The third-order valence-electron chi connectivity index (χ3n) is 3.45. The smallest absolute Gasteiger partial charge is 0.313 e. The Morgan fingerprint density at radius 1 is 1.47 bits per heavy atom. The Kier molecular flexibility index (Phi) is 5.39. The second-order valence-corrected chi connectivity index (χ2v) is 4.82. The van der Waals surface area contributed by atoms with Gasteiger partial charge in [-0.2, -0.15) is 0 Å². The van der Waals surface area contributed by atoms with Crippen molar-refractivity contribution in [1.82, 2.24) is 0 Å². The predicted octanol–water partition coefficient (Wildman–Crippen LogP) is 2.89. The van der Waals surface area contributed by atoms with Crippen molar-refractivity contribution in [2.45, 2.75) is 46.0 Å². The highest BCUT2D eigenvalue weighted by Crippen LogP contribution is 2.33. The summed E-state index contributed by atoms with van der Waals surface area (Å²) in [6.45, 7) is 4.00. The molecule has 3 nitrogen and oxygen atoms in total. The van der Waals surface area contributed by atoms with E-state index in [2.05, 4.69) is 6.92 Å². The van der Waals surface area contributed by atoms with Crippen molar-refractivity contribution < 1.29 is 14.3 Å². The third kappa shape index (κ3) is 3.69. The van der Waals surface area contributed by atoms with Crippen LogP contribution >= 0.6 is 0 Å². The number of hydrogen-bond donors (Lipinski definition) is 0. The Balaban J connectivity index is 2.74. The fourth-order valence-corrected chi connectivity index (χ4v) is 2.58. The summed E-state index contributed by atoms with van der Waals surface area (Å²) in [6, 6.07) is 0. The monoisotopic (exact) mass is 238 g/mol. The molecule has 0 fully saturated rings. The van der Waals surface area contributed by atoms with E-state index < -0.39 is 0 Å². The second kappa shape index (κ2) is 6.58. The standard InChI is InChI=1S/C14H22O3/c1-4-5-6-7-11-9-12(15)8-10(2)13(11)14(16)17-3/h8,11,13H,4-7,9H2,1-3H3/t11-,13-/m1/s1. The van der Waals surface area contributed by atoms with Crippen LogP contribution in [0.1, 0.15) is 46.0 Å². The Hall–Kier alpha value is -1.12. The molecule has 0 N–H and O–H groups in total. The van der Waals surface area contributed by atoms with Crippen LogP contribution < -0.4 is 0 Å². The Morgan fingerprint density at radius 3 is 2.76 bits per heavy atom. The molecule has 1 rings (SSSR count). The van der Waals surface area contributed by atoms with Crippen LogP contribution in [0.2, 0.25) is 0 Å². The molecule has 0 bridgehead atoms. The highest BCUT2D eigenvalue weighted by molar-refractivity contribution is 5.94.